The highest BCUT2D eigenvalue weighted by molar-refractivity contribution is 5.89. The fourth-order valence-corrected chi connectivity index (χ4v) is 5.04. The van der Waals surface area contributed by atoms with Gasteiger partial charge in [-0.25, -0.2) is 4.39 Å². The van der Waals surface area contributed by atoms with Crippen LogP contribution < -0.4 is 10.2 Å². The van der Waals surface area contributed by atoms with Crippen molar-refractivity contribution in [3.8, 4) is 0 Å². The lowest BCUT2D eigenvalue weighted by atomic mass is 9.69. The first-order valence-electron chi connectivity index (χ1n) is 12.2. The van der Waals surface area contributed by atoms with E-state index in [4.69, 9.17) is 0 Å². The van der Waals surface area contributed by atoms with Gasteiger partial charge >= 0.3 is 0 Å². The molecule has 0 aromatic heterocycles. The molecule has 1 saturated carbocycles. The second kappa shape index (κ2) is 10.2. The summed E-state index contributed by atoms with van der Waals surface area (Å²) in [4.78, 5) is 30.3. The van der Waals surface area contributed by atoms with Gasteiger partial charge in [0.15, 0.2) is 0 Å². The number of nitrogens with one attached hydrogen (secondary N) is 1. The van der Waals surface area contributed by atoms with Gasteiger partial charge in [-0.1, -0.05) is 34.6 Å². The number of hydrogen-bond acceptors (Lipinski definition) is 3. The first kappa shape index (κ1) is 24.5. The third kappa shape index (κ3) is 6.02. The van der Waals surface area contributed by atoms with Gasteiger partial charge in [0, 0.05) is 37.8 Å². The lowest BCUT2D eigenvalue weighted by molar-refractivity contribution is -0.139. The lowest BCUT2D eigenvalue weighted by Gasteiger charge is -2.39. The van der Waals surface area contributed by atoms with Gasteiger partial charge in [0.05, 0.1) is 0 Å². The Morgan fingerprint density at radius 3 is 2.03 bits per heavy atom. The average molecular weight is 446 g/mol. The van der Waals surface area contributed by atoms with E-state index in [1.54, 1.807) is 12.1 Å². The molecular weight excluding hydrogens is 405 g/mol. The van der Waals surface area contributed by atoms with E-state index < -0.39 is 6.04 Å². The van der Waals surface area contributed by atoms with Gasteiger partial charge in [0.2, 0.25) is 11.8 Å². The van der Waals surface area contributed by atoms with E-state index in [9.17, 15) is 14.0 Å². The van der Waals surface area contributed by atoms with Crippen LogP contribution in [0.1, 0.15) is 60.3 Å². The third-order valence-corrected chi connectivity index (χ3v) is 7.34. The molecule has 1 saturated heterocycles. The van der Waals surface area contributed by atoms with Gasteiger partial charge in [0.1, 0.15) is 11.9 Å². The van der Waals surface area contributed by atoms with Crippen molar-refractivity contribution in [2.75, 3.05) is 31.1 Å². The maximum Gasteiger partial charge on any atom is 0.245 e. The van der Waals surface area contributed by atoms with Crippen molar-refractivity contribution in [2.24, 2.45) is 23.2 Å². The van der Waals surface area contributed by atoms with Gasteiger partial charge in [-0.05, 0) is 67.2 Å². The standard InChI is InChI=1S/C26H40FN3O2/c1-18(2)23(28-24(31)19-6-8-20(9-7-19)26(3,4)5)25(32)30-16-14-29(15-17-30)22-12-10-21(27)11-13-22/h10-13,18-20,23H,6-9,14-17H2,1-5H3,(H,28,31)/t19?,20?,23-/m0/s1. The Balaban J connectivity index is 1.53. The van der Waals surface area contributed by atoms with E-state index in [0.717, 1.165) is 31.4 Å². The molecule has 5 nitrogen and oxygen atoms in total. The molecule has 1 atom stereocenters. The maximum absolute atomic E-state index is 13.3. The first-order chi connectivity index (χ1) is 15.1. The molecule has 6 heteroatoms. The molecule has 0 bridgehead atoms. The summed E-state index contributed by atoms with van der Waals surface area (Å²) in [5.74, 6) is 0.506. The predicted molar refractivity (Wildman–Crippen MR) is 127 cm³/mol. The van der Waals surface area contributed by atoms with Gasteiger partial charge in [-0.3, -0.25) is 9.59 Å². The third-order valence-electron chi connectivity index (χ3n) is 7.34. The zero-order valence-electron chi connectivity index (χ0n) is 20.4. The van der Waals surface area contributed by atoms with Gasteiger partial charge < -0.3 is 15.1 Å². The number of carbonyl (C=O) groups is 2. The highest BCUT2D eigenvalue weighted by Gasteiger charge is 2.35. The van der Waals surface area contributed by atoms with Crippen LogP contribution in [0.15, 0.2) is 24.3 Å². The van der Waals surface area contributed by atoms with Crippen molar-refractivity contribution < 1.29 is 14.0 Å². The summed E-state index contributed by atoms with van der Waals surface area (Å²) >= 11 is 0. The SMILES string of the molecule is CC(C)[C@H](NC(=O)C1CCC(C(C)(C)C)CC1)C(=O)N1CCN(c2ccc(F)cc2)CC1. The topological polar surface area (TPSA) is 52.7 Å². The Morgan fingerprint density at radius 1 is 0.969 bits per heavy atom. The van der Waals surface area contributed by atoms with Crippen molar-refractivity contribution in [2.45, 2.75) is 66.3 Å². The minimum atomic E-state index is -0.486. The minimum Gasteiger partial charge on any atom is -0.368 e. The Morgan fingerprint density at radius 2 is 1.53 bits per heavy atom. The van der Waals surface area contributed by atoms with Crippen molar-refractivity contribution in [1.82, 2.24) is 10.2 Å². The summed E-state index contributed by atoms with van der Waals surface area (Å²) in [6.07, 6.45) is 3.96. The predicted octanol–water partition coefficient (Wildman–Crippen LogP) is 4.47. The normalized spacial score (nSPS) is 23.2. The van der Waals surface area contributed by atoms with Crippen LogP contribution in [0.25, 0.3) is 0 Å². The molecule has 1 aromatic rings. The van der Waals surface area contributed by atoms with E-state index in [1.165, 1.54) is 12.1 Å². The average Bonchev–Trinajstić information content (AvgIpc) is 2.77. The van der Waals surface area contributed by atoms with Crippen LogP contribution in [0, 0.1) is 29.0 Å². The number of hydrogen-bond donors (Lipinski definition) is 1. The monoisotopic (exact) mass is 445 g/mol. The van der Waals surface area contributed by atoms with Crippen molar-refractivity contribution in [1.29, 1.82) is 0 Å². The highest BCUT2D eigenvalue weighted by atomic mass is 19.1. The van der Waals surface area contributed by atoms with Crippen LogP contribution in [0.2, 0.25) is 0 Å². The molecule has 1 aliphatic heterocycles. The van der Waals surface area contributed by atoms with Gasteiger partial charge in [0.25, 0.3) is 0 Å². The number of carbonyl (C=O) groups excluding carboxylic acids is 2. The van der Waals surface area contributed by atoms with Crippen LogP contribution in [0.3, 0.4) is 0 Å². The summed E-state index contributed by atoms with van der Waals surface area (Å²) in [5, 5.41) is 3.10. The van der Waals surface area contributed by atoms with E-state index >= 15 is 0 Å². The first-order valence-corrected chi connectivity index (χ1v) is 12.2. The van der Waals surface area contributed by atoms with Gasteiger partial charge in [-0.15, -0.1) is 0 Å². The molecular formula is C26H40FN3O2. The van der Waals surface area contributed by atoms with E-state index in [1.807, 2.05) is 18.7 Å². The number of piperazine rings is 1. The zero-order chi connectivity index (χ0) is 23.5. The van der Waals surface area contributed by atoms with Crippen molar-refractivity contribution in [3.63, 3.8) is 0 Å². The number of nitrogens with zero attached hydrogens (tertiary/aromatic N) is 2. The van der Waals surface area contributed by atoms with Gasteiger partial charge in [-0.2, -0.15) is 0 Å². The zero-order valence-corrected chi connectivity index (χ0v) is 20.4. The summed E-state index contributed by atoms with van der Waals surface area (Å²) in [6.45, 7) is 13.4. The summed E-state index contributed by atoms with van der Waals surface area (Å²) in [5.41, 5.74) is 1.26. The summed E-state index contributed by atoms with van der Waals surface area (Å²) in [7, 11) is 0. The highest BCUT2D eigenvalue weighted by Crippen LogP contribution is 2.39. The maximum atomic E-state index is 13.3. The van der Waals surface area contributed by atoms with Crippen LogP contribution >= 0.6 is 0 Å². The molecule has 32 heavy (non-hydrogen) atoms. The molecule has 2 amide bonds. The number of amides is 2. The fraction of sp³-hybridized carbons (Fsp3) is 0.692. The van der Waals surface area contributed by atoms with Crippen LogP contribution in [-0.2, 0) is 9.59 Å². The number of halogens is 1. The number of rotatable bonds is 5. The lowest BCUT2D eigenvalue weighted by Crippen LogP contribution is -2.57. The minimum absolute atomic E-state index is 0.00971. The molecule has 0 radical (unpaired) electrons. The fourth-order valence-electron chi connectivity index (χ4n) is 5.04. The molecule has 178 valence electrons. The number of anilines is 1. The Bertz CT molecular complexity index is 771. The van der Waals surface area contributed by atoms with E-state index in [0.29, 0.717) is 32.1 Å². The smallest absolute Gasteiger partial charge is 0.245 e. The van der Waals surface area contributed by atoms with Crippen molar-refractivity contribution in [3.05, 3.63) is 30.1 Å². The molecule has 0 unspecified atom stereocenters. The second-order valence-corrected chi connectivity index (χ2v) is 10.9. The second-order valence-electron chi connectivity index (χ2n) is 10.9. The van der Waals surface area contributed by atoms with Crippen LogP contribution in [0.4, 0.5) is 10.1 Å². The molecule has 1 heterocycles. The molecule has 1 N–H and O–H groups in total. The molecule has 2 fully saturated rings. The molecule has 3 rings (SSSR count). The Labute approximate surface area is 192 Å². The molecule has 1 aromatic carbocycles. The molecule has 0 spiro atoms. The van der Waals surface area contributed by atoms with E-state index in [-0.39, 0.29) is 34.9 Å². The Kier molecular flexibility index (Phi) is 7.84. The molecule has 2 aliphatic rings. The quantitative estimate of drug-likeness (QED) is 0.728. The largest absolute Gasteiger partial charge is 0.368 e. The summed E-state index contributed by atoms with van der Waals surface area (Å²) in [6, 6.07) is 6.00. The number of benzene rings is 1. The summed E-state index contributed by atoms with van der Waals surface area (Å²) < 4.78 is 13.2. The van der Waals surface area contributed by atoms with E-state index in [2.05, 4.69) is 31.0 Å². The Hall–Kier alpha value is -2.11. The van der Waals surface area contributed by atoms with Crippen LogP contribution in [-0.4, -0.2) is 48.9 Å². The van der Waals surface area contributed by atoms with Crippen LogP contribution in [0.5, 0.6) is 0 Å². The van der Waals surface area contributed by atoms with Crippen molar-refractivity contribution >= 4 is 17.5 Å². The molecule has 1 aliphatic carbocycles.